The van der Waals surface area contributed by atoms with Crippen molar-refractivity contribution in [3.8, 4) is 11.3 Å². The standard InChI is InChI=1S/C17H17ClFN3O5/c1-8(2)20-17(25)21-12(23)7-26-16(24)13-9(3)27-22-15(13)14-10(18)5-4-6-11(14)19/h4-6,8H,7H2,1-3H3,(H2,20,21,23,25). The third-order valence-electron chi connectivity index (χ3n) is 3.27. The van der Waals surface area contributed by atoms with E-state index in [1.54, 1.807) is 13.8 Å². The number of amides is 3. The van der Waals surface area contributed by atoms with Gasteiger partial charge in [0.25, 0.3) is 5.91 Å². The first-order chi connectivity index (χ1) is 12.7. The van der Waals surface area contributed by atoms with E-state index in [0.29, 0.717) is 0 Å². The third kappa shape index (κ3) is 5.04. The number of benzene rings is 1. The fourth-order valence-electron chi connectivity index (χ4n) is 2.17. The second kappa shape index (κ2) is 8.63. The molecular weight excluding hydrogens is 381 g/mol. The van der Waals surface area contributed by atoms with Crippen molar-refractivity contribution in [3.05, 3.63) is 40.4 Å². The molecule has 2 aromatic rings. The van der Waals surface area contributed by atoms with Crippen molar-refractivity contribution in [3.63, 3.8) is 0 Å². The minimum Gasteiger partial charge on any atom is -0.452 e. The summed E-state index contributed by atoms with van der Waals surface area (Å²) in [6.07, 6.45) is 0. The molecular formula is C17H17ClFN3O5. The van der Waals surface area contributed by atoms with Crippen LogP contribution in [-0.4, -0.2) is 35.7 Å². The number of rotatable bonds is 5. The highest BCUT2D eigenvalue weighted by Crippen LogP contribution is 2.33. The molecule has 3 amide bonds. The molecule has 27 heavy (non-hydrogen) atoms. The van der Waals surface area contributed by atoms with Gasteiger partial charge in [0.05, 0.1) is 10.6 Å². The van der Waals surface area contributed by atoms with Crippen LogP contribution in [0.5, 0.6) is 0 Å². The van der Waals surface area contributed by atoms with Crippen molar-refractivity contribution in [1.82, 2.24) is 15.8 Å². The van der Waals surface area contributed by atoms with Crippen LogP contribution >= 0.6 is 11.6 Å². The van der Waals surface area contributed by atoms with Gasteiger partial charge < -0.3 is 14.6 Å². The maximum Gasteiger partial charge on any atom is 0.344 e. The lowest BCUT2D eigenvalue weighted by molar-refractivity contribution is -0.123. The summed E-state index contributed by atoms with van der Waals surface area (Å²) in [5.74, 6) is -2.44. The number of urea groups is 1. The fraction of sp³-hybridized carbons (Fsp3) is 0.294. The summed E-state index contributed by atoms with van der Waals surface area (Å²) in [4.78, 5) is 35.5. The second-order valence-electron chi connectivity index (χ2n) is 5.81. The smallest absolute Gasteiger partial charge is 0.344 e. The van der Waals surface area contributed by atoms with Gasteiger partial charge in [0, 0.05) is 6.04 Å². The quantitative estimate of drug-likeness (QED) is 0.750. The Kier molecular flexibility index (Phi) is 6.51. The Bertz CT molecular complexity index is 861. The Morgan fingerprint density at radius 2 is 2.04 bits per heavy atom. The lowest BCUT2D eigenvalue weighted by Crippen LogP contribution is -2.44. The van der Waals surface area contributed by atoms with Crippen molar-refractivity contribution < 1.29 is 28.0 Å². The number of ether oxygens (including phenoxy) is 1. The van der Waals surface area contributed by atoms with Crippen molar-refractivity contribution >= 4 is 29.5 Å². The number of esters is 1. The number of nitrogens with one attached hydrogen (secondary N) is 2. The van der Waals surface area contributed by atoms with Crippen LogP contribution in [0.2, 0.25) is 5.02 Å². The number of aromatic nitrogens is 1. The van der Waals surface area contributed by atoms with Gasteiger partial charge in [0.1, 0.15) is 22.8 Å². The average molecular weight is 398 g/mol. The van der Waals surface area contributed by atoms with Gasteiger partial charge in [-0.25, -0.2) is 14.0 Å². The normalized spacial score (nSPS) is 10.6. The topological polar surface area (TPSA) is 111 Å². The predicted molar refractivity (Wildman–Crippen MR) is 93.7 cm³/mol. The minimum absolute atomic E-state index is 0.0282. The SMILES string of the molecule is Cc1onc(-c2c(F)cccc2Cl)c1C(=O)OCC(=O)NC(=O)NC(C)C. The van der Waals surface area contributed by atoms with Crippen LogP contribution in [0.1, 0.15) is 30.0 Å². The summed E-state index contributed by atoms with van der Waals surface area (Å²) in [6.45, 7) is 4.14. The van der Waals surface area contributed by atoms with Gasteiger partial charge in [-0.15, -0.1) is 0 Å². The Labute approximate surface area is 159 Å². The van der Waals surface area contributed by atoms with Gasteiger partial charge in [-0.05, 0) is 32.9 Å². The molecule has 0 unspecified atom stereocenters. The molecule has 1 aromatic heterocycles. The number of imide groups is 1. The van der Waals surface area contributed by atoms with E-state index < -0.39 is 30.3 Å². The van der Waals surface area contributed by atoms with E-state index in [0.717, 1.165) is 6.07 Å². The Morgan fingerprint density at radius 1 is 1.33 bits per heavy atom. The summed E-state index contributed by atoms with van der Waals surface area (Å²) < 4.78 is 24.0. The third-order valence-corrected chi connectivity index (χ3v) is 3.59. The number of hydrogen-bond acceptors (Lipinski definition) is 6. The van der Waals surface area contributed by atoms with E-state index >= 15 is 0 Å². The first kappa shape index (κ1) is 20.4. The van der Waals surface area contributed by atoms with E-state index in [9.17, 15) is 18.8 Å². The summed E-state index contributed by atoms with van der Waals surface area (Å²) in [7, 11) is 0. The maximum atomic E-state index is 14.1. The van der Waals surface area contributed by atoms with Crippen LogP contribution < -0.4 is 10.6 Å². The highest BCUT2D eigenvalue weighted by atomic mass is 35.5. The van der Waals surface area contributed by atoms with Gasteiger partial charge in [-0.1, -0.05) is 22.8 Å². The molecule has 8 nitrogen and oxygen atoms in total. The Hall–Kier alpha value is -2.94. The number of hydrogen-bond donors (Lipinski definition) is 2. The lowest BCUT2D eigenvalue weighted by Gasteiger charge is -2.09. The number of aryl methyl sites for hydroxylation is 1. The van der Waals surface area contributed by atoms with Gasteiger partial charge >= 0.3 is 12.0 Å². The minimum atomic E-state index is -0.970. The molecule has 10 heteroatoms. The van der Waals surface area contributed by atoms with E-state index in [2.05, 4.69) is 10.5 Å². The molecule has 2 N–H and O–H groups in total. The zero-order valence-corrected chi connectivity index (χ0v) is 15.5. The van der Waals surface area contributed by atoms with Crippen LogP contribution in [-0.2, 0) is 9.53 Å². The highest BCUT2D eigenvalue weighted by molar-refractivity contribution is 6.33. The van der Waals surface area contributed by atoms with E-state index in [1.807, 2.05) is 5.32 Å². The molecule has 0 saturated carbocycles. The monoisotopic (exact) mass is 397 g/mol. The number of carbonyl (C=O) groups is 3. The Balaban J connectivity index is 2.13. The highest BCUT2D eigenvalue weighted by Gasteiger charge is 2.27. The van der Waals surface area contributed by atoms with E-state index in [1.165, 1.54) is 19.1 Å². The summed E-state index contributed by atoms with van der Waals surface area (Å²) >= 11 is 5.99. The van der Waals surface area contributed by atoms with Gasteiger partial charge in [-0.3, -0.25) is 10.1 Å². The first-order valence-electron chi connectivity index (χ1n) is 7.88. The van der Waals surface area contributed by atoms with E-state index in [4.69, 9.17) is 20.9 Å². The molecule has 0 spiro atoms. The van der Waals surface area contributed by atoms with Crippen molar-refractivity contribution in [2.75, 3.05) is 6.61 Å². The molecule has 0 atom stereocenters. The molecule has 0 aliphatic rings. The average Bonchev–Trinajstić information content (AvgIpc) is 2.93. The van der Waals surface area contributed by atoms with Crippen molar-refractivity contribution in [1.29, 1.82) is 0 Å². The molecule has 0 saturated heterocycles. The molecule has 0 aliphatic heterocycles. The van der Waals surface area contributed by atoms with Gasteiger partial charge in [0.15, 0.2) is 6.61 Å². The second-order valence-corrected chi connectivity index (χ2v) is 6.22. The summed E-state index contributed by atoms with van der Waals surface area (Å²) in [5, 5.41) is 8.15. The lowest BCUT2D eigenvalue weighted by atomic mass is 10.1. The van der Waals surface area contributed by atoms with Crippen LogP contribution in [0.15, 0.2) is 22.7 Å². The zero-order chi connectivity index (χ0) is 20.1. The van der Waals surface area contributed by atoms with Gasteiger partial charge in [-0.2, -0.15) is 0 Å². The molecule has 0 radical (unpaired) electrons. The predicted octanol–water partition coefficient (Wildman–Crippen LogP) is 2.83. The fourth-order valence-corrected chi connectivity index (χ4v) is 2.42. The van der Waals surface area contributed by atoms with E-state index in [-0.39, 0.29) is 33.6 Å². The van der Waals surface area contributed by atoms with Crippen LogP contribution in [0.4, 0.5) is 9.18 Å². The number of carbonyl (C=O) groups excluding carboxylic acids is 3. The summed E-state index contributed by atoms with van der Waals surface area (Å²) in [5.41, 5.74) is -0.427. The molecule has 0 aliphatic carbocycles. The molecule has 2 rings (SSSR count). The molecule has 144 valence electrons. The van der Waals surface area contributed by atoms with Gasteiger partial charge in [0.2, 0.25) is 0 Å². The molecule has 0 fully saturated rings. The number of nitrogens with zero attached hydrogens (tertiary/aromatic N) is 1. The zero-order valence-electron chi connectivity index (χ0n) is 14.8. The number of halogens is 2. The maximum absolute atomic E-state index is 14.1. The first-order valence-corrected chi connectivity index (χ1v) is 8.26. The Morgan fingerprint density at radius 3 is 2.67 bits per heavy atom. The largest absolute Gasteiger partial charge is 0.452 e. The van der Waals surface area contributed by atoms with Crippen LogP contribution in [0.25, 0.3) is 11.3 Å². The van der Waals surface area contributed by atoms with Crippen LogP contribution in [0.3, 0.4) is 0 Å². The van der Waals surface area contributed by atoms with Crippen molar-refractivity contribution in [2.45, 2.75) is 26.8 Å². The molecule has 1 heterocycles. The summed E-state index contributed by atoms with van der Waals surface area (Å²) in [6, 6.07) is 3.10. The molecule has 0 bridgehead atoms. The van der Waals surface area contributed by atoms with Crippen molar-refractivity contribution in [2.24, 2.45) is 0 Å². The van der Waals surface area contributed by atoms with Crippen LogP contribution in [0, 0.1) is 12.7 Å². The molecule has 1 aromatic carbocycles.